The third-order valence-electron chi connectivity index (χ3n) is 6.36. The van der Waals surface area contributed by atoms with Gasteiger partial charge >= 0.3 is 6.18 Å². The van der Waals surface area contributed by atoms with Crippen LogP contribution in [0.2, 0.25) is 0 Å². The number of ether oxygens (including phenoxy) is 1. The molecule has 0 unspecified atom stereocenters. The van der Waals surface area contributed by atoms with Gasteiger partial charge in [0.25, 0.3) is 0 Å². The van der Waals surface area contributed by atoms with E-state index in [1.807, 2.05) is 43.3 Å². The highest BCUT2D eigenvalue weighted by Gasteiger charge is 2.34. The van der Waals surface area contributed by atoms with E-state index in [1.54, 1.807) is 19.3 Å². The Morgan fingerprint density at radius 3 is 2.56 bits per heavy atom. The fourth-order valence-corrected chi connectivity index (χ4v) is 4.45. The lowest BCUT2D eigenvalue weighted by Gasteiger charge is -2.16. The molecule has 0 bridgehead atoms. The van der Waals surface area contributed by atoms with Crippen LogP contribution in [0.15, 0.2) is 67.0 Å². The van der Waals surface area contributed by atoms with Crippen molar-refractivity contribution < 1.29 is 22.7 Å². The molecule has 2 heterocycles. The van der Waals surface area contributed by atoms with E-state index in [0.717, 1.165) is 38.9 Å². The summed E-state index contributed by atoms with van der Waals surface area (Å²) in [6, 6.07) is 15.3. The van der Waals surface area contributed by atoms with Crippen LogP contribution in [0.4, 0.5) is 30.6 Å². The van der Waals surface area contributed by atoms with Crippen molar-refractivity contribution in [3.8, 4) is 16.9 Å². The fraction of sp³-hybridized carbons (Fsp3) is 0.172. The van der Waals surface area contributed by atoms with Gasteiger partial charge in [-0.05, 0) is 65.4 Å². The van der Waals surface area contributed by atoms with Gasteiger partial charge in [0.15, 0.2) is 0 Å². The molecule has 0 saturated heterocycles. The van der Waals surface area contributed by atoms with Gasteiger partial charge < -0.3 is 10.1 Å². The molecule has 0 fully saturated rings. The first-order valence-corrected chi connectivity index (χ1v) is 12.2. The van der Waals surface area contributed by atoms with Crippen LogP contribution in [0.5, 0.6) is 5.75 Å². The first kappa shape index (κ1) is 25.9. The van der Waals surface area contributed by atoms with Gasteiger partial charge in [0, 0.05) is 35.3 Å². The molecule has 0 aliphatic heterocycles. The summed E-state index contributed by atoms with van der Waals surface area (Å²) in [6.45, 7) is 3.74. The molecule has 7 nitrogen and oxygen atoms in total. The molecular weight excluding hydrogens is 507 g/mol. The number of aromatic nitrogens is 3. The van der Waals surface area contributed by atoms with E-state index in [1.165, 1.54) is 19.2 Å². The van der Waals surface area contributed by atoms with E-state index in [0.29, 0.717) is 17.8 Å². The number of amides is 1. The number of carbonyl (C=O) groups is 1. The highest BCUT2D eigenvalue weighted by molar-refractivity contribution is 6.04. The largest absolute Gasteiger partial charge is 0.496 e. The molecular formula is C29H24F3N5O2. The number of nitrogens with zero attached hydrogens (tertiary/aromatic N) is 3. The van der Waals surface area contributed by atoms with Crippen LogP contribution in [0.25, 0.3) is 32.8 Å². The molecule has 2 aromatic heterocycles. The quantitative estimate of drug-likeness (QED) is 0.240. The van der Waals surface area contributed by atoms with E-state index in [-0.39, 0.29) is 23.3 Å². The lowest BCUT2D eigenvalue weighted by molar-refractivity contribution is -0.138. The first-order chi connectivity index (χ1) is 18.7. The zero-order chi connectivity index (χ0) is 27.7. The number of alkyl halides is 3. The maximum Gasteiger partial charge on any atom is 0.420 e. The minimum absolute atomic E-state index is 0.167. The summed E-state index contributed by atoms with van der Waals surface area (Å²) in [7, 11) is 1.20. The van der Waals surface area contributed by atoms with Crippen molar-refractivity contribution >= 4 is 45.0 Å². The van der Waals surface area contributed by atoms with Crippen molar-refractivity contribution in [2.45, 2.75) is 26.4 Å². The molecule has 198 valence electrons. The number of pyridine rings is 1. The Kier molecular flexibility index (Phi) is 6.78. The van der Waals surface area contributed by atoms with Crippen molar-refractivity contribution in [2.75, 3.05) is 17.7 Å². The summed E-state index contributed by atoms with van der Waals surface area (Å²) in [5, 5.41) is 8.13. The van der Waals surface area contributed by atoms with Gasteiger partial charge in [-0.1, -0.05) is 25.1 Å². The minimum Gasteiger partial charge on any atom is -0.496 e. The standard InChI is InChI=1S/C29H24F3N5O2/c1-4-25(38)37-28-34-15-18-13-17(6-9-23(18)36-28)26-16(2)5-8-21-20(26)11-12-33-27(21)35-19-7-10-24(39-3)22(14-19)29(30,31)32/h5-15H,4H2,1-3H3,(H,33,35)(H,34,36,37,38). The number of rotatable bonds is 6. The number of hydrogen-bond acceptors (Lipinski definition) is 6. The molecule has 2 N–H and O–H groups in total. The van der Waals surface area contributed by atoms with Crippen molar-refractivity contribution in [3.05, 3.63) is 78.1 Å². The Hall–Kier alpha value is -4.73. The number of halogens is 3. The molecule has 0 aliphatic rings. The second-order valence-electron chi connectivity index (χ2n) is 8.92. The van der Waals surface area contributed by atoms with Gasteiger partial charge in [0.05, 0.1) is 18.2 Å². The molecule has 3 aromatic carbocycles. The summed E-state index contributed by atoms with van der Waals surface area (Å²) >= 11 is 0. The number of anilines is 3. The molecule has 10 heteroatoms. The molecule has 5 aromatic rings. The average molecular weight is 532 g/mol. The molecule has 0 aliphatic carbocycles. The van der Waals surface area contributed by atoms with E-state index < -0.39 is 11.7 Å². The SMILES string of the molecule is CCC(=O)Nc1ncc2cc(-c3c(C)ccc4c(Nc5ccc(OC)c(C(F)(F)F)c5)nccc34)ccc2n1. The number of aryl methyl sites for hydroxylation is 1. The van der Waals surface area contributed by atoms with Crippen LogP contribution in [-0.4, -0.2) is 28.0 Å². The van der Waals surface area contributed by atoms with Crippen molar-refractivity contribution in [2.24, 2.45) is 0 Å². The second kappa shape index (κ2) is 10.2. The number of fused-ring (bicyclic) bond motifs is 2. The van der Waals surface area contributed by atoms with Crippen LogP contribution in [-0.2, 0) is 11.0 Å². The minimum atomic E-state index is -4.57. The number of methoxy groups -OCH3 is 1. The number of carbonyl (C=O) groups excluding carboxylic acids is 1. The monoisotopic (exact) mass is 531 g/mol. The highest BCUT2D eigenvalue weighted by Crippen LogP contribution is 2.40. The van der Waals surface area contributed by atoms with Crippen molar-refractivity contribution in [1.29, 1.82) is 0 Å². The van der Waals surface area contributed by atoms with Crippen LogP contribution in [0.3, 0.4) is 0 Å². The van der Waals surface area contributed by atoms with Gasteiger partial charge in [-0.3, -0.25) is 10.1 Å². The summed E-state index contributed by atoms with van der Waals surface area (Å²) < 4.78 is 45.5. The van der Waals surface area contributed by atoms with Crippen LogP contribution in [0.1, 0.15) is 24.5 Å². The summed E-state index contributed by atoms with van der Waals surface area (Å²) in [5.74, 6) is 0.251. The predicted octanol–water partition coefficient (Wildman–Crippen LogP) is 7.27. The molecule has 0 radical (unpaired) electrons. The smallest absolute Gasteiger partial charge is 0.420 e. The Morgan fingerprint density at radius 1 is 1.00 bits per heavy atom. The van der Waals surface area contributed by atoms with E-state index in [2.05, 4.69) is 25.6 Å². The average Bonchev–Trinajstić information content (AvgIpc) is 2.92. The van der Waals surface area contributed by atoms with E-state index in [9.17, 15) is 18.0 Å². The van der Waals surface area contributed by atoms with E-state index in [4.69, 9.17) is 4.74 Å². The lowest BCUT2D eigenvalue weighted by atomic mass is 9.93. The Bertz CT molecular complexity index is 1720. The Balaban J connectivity index is 1.56. The number of benzene rings is 3. The number of hydrogen-bond donors (Lipinski definition) is 2. The normalized spacial score (nSPS) is 11.5. The Labute approximate surface area is 222 Å². The van der Waals surface area contributed by atoms with Gasteiger partial charge in [0.1, 0.15) is 11.6 Å². The maximum atomic E-state index is 13.5. The molecule has 5 rings (SSSR count). The lowest BCUT2D eigenvalue weighted by Crippen LogP contribution is -2.12. The highest BCUT2D eigenvalue weighted by atomic mass is 19.4. The molecule has 0 saturated carbocycles. The van der Waals surface area contributed by atoms with Crippen LogP contribution in [0, 0.1) is 6.92 Å². The third-order valence-corrected chi connectivity index (χ3v) is 6.36. The van der Waals surface area contributed by atoms with Gasteiger partial charge in [-0.25, -0.2) is 15.0 Å². The first-order valence-electron chi connectivity index (χ1n) is 12.2. The Morgan fingerprint density at radius 2 is 1.82 bits per heavy atom. The predicted molar refractivity (Wildman–Crippen MR) is 145 cm³/mol. The zero-order valence-electron chi connectivity index (χ0n) is 21.3. The van der Waals surface area contributed by atoms with Crippen molar-refractivity contribution in [3.63, 3.8) is 0 Å². The second-order valence-corrected chi connectivity index (χ2v) is 8.92. The van der Waals surface area contributed by atoms with Crippen molar-refractivity contribution in [1.82, 2.24) is 15.0 Å². The summed E-state index contributed by atoms with van der Waals surface area (Å²) in [4.78, 5) is 24.8. The fourth-order valence-electron chi connectivity index (χ4n) is 4.45. The molecule has 0 spiro atoms. The van der Waals surface area contributed by atoms with E-state index >= 15 is 0 Å². The summed E-state index contributed by atoms with van der Waals surface area (Å²) in [5.41, 5.74) is 2.92. The van der Waals surface area contributed by atoms with Crippen LogP contribution < -0.4 is 15.4 Å². The zero-order valence-corrected chi connectivity index (χ0v) is 21.3. The van der Waals surface area contributed by atoms with Gasteiger partial charge in [-0.2, -0.15) is 13.2 Å². The molecule has 1 amide bonds. The van der Waals surface area contributed by atoms with Gasteiger partial charge in [0.2, 0.25) is 11.9 Å². The molecule has 0 atom stereocenters. The van der Waals surface area contributed by atoms with Gasteiger partial charge in [-0.15, -0.1) is 0 Å². The topological polar surface area (TPSA) is 89.0 Å². The molecule has 39 heavy (non-hydrogen) atoms. The maximum absolute atomic E-state index is 13.5. The third kappa shape index (κ3) is 5.18. The van der Waals surface area contributed by atoms with Crippen LogP contribution >= 0.6 is 0 Å². The number of nitrogens with one attached hydrogen (secondary N) is 2. The summed E-state index contributed by atoms with van der Waals surface area (Å²) in [6.07, 6.45) is -0.960.